The van der Waals surface area contributed by atoms with Crippen molar-refractivity contribution in [2.75, 3.05) is 0 Å². The minimum atomic E-state index is 0.687. The summed E-state index contributed by atoms with van der Waals surface area (Å²) >= 11 is 0. The van der Waals surface area contributed by atoms with Gasteiger partial charge in [0.05, 0.1) is 0 Å². The second-order valence-electron chi connectivity index (χ2n) is 11.4. The average Bonchev–Trinajstić information content (AvgIpc) is 3.05. The van der Waals surface area contributed by atoms with Gasteiger partial charge in [-0.3, -0.25) is 0 Å². The zero-order valence-electron chi connectivity index (χ0n) is 18.0. The lowest BCUT2D eigenvalue weighted by Crippen LogP contribution is -2.39. The van der Waals surface area contributed by atoms with E-state index in [1.165, 1.54) is 70.6 Å². The molecule has 0 spiro atoms. The van der Waals surface area contributed by atoms with E-state index in [-0.39, 0.29) is 0 Å². The first-order valence-corrected chi connectivity index (χ1v) is 12.2. The number of hydrogen-bond acceptors (Lipinski definition) is 0. The van der Waals surface area contributed by atoms with Crippen LogP contribution in [0.2, 0.25) is 0 Å². The van der Waals surface area contributed by atoms with Crippen molar-refractivity contribution < 1.29 is 0 Å². The Kier molecular flexibility index (Phi) is 4.68. The van der Waals surface area contributed by atoms with Crippen molar-refractivity contribution in [3.05, 3.63) is 34.9 Å². The number of aryl methyl sites for hydroxylation is 1. The molecule has 0 heteroatoms. The van der Waals surface area contributed by atoms with E-state index in [1.807, 2.05) is 0 Å². The van der Waals surface area contributed by atoms with Crippen LogP contribution in [0.4, 0.5) is 0 Å². The molecule has 0 heterocycles. The molecule has 0 radical (unpaired) electrons. The molecule has 0 bridgehead atoms. The molecule has 0 aromatic heterocycles. The van der Waals surface area contributed by atoms with E-state index in [0.29, 0.717) is 5.41 Å². The lowest BCUT2D eigenvalue weighted by molar-refractivity contribution is 0.0598. The smallest absolute Gasteiger partial charge is 0.0128 e. The van der Waals surface area contributed by atoms with Gasteiger partial charge in [-0.2, -0.15) is 0 Å². The molecular formula is C27H40. The maximum atomic E-state index is 2.64. The minimum absolute atomic E-state index is 0.687. The van der Waals surface area contributed by atoms with Gasteiger partial charge in [-0.15, -0.1) is 0 Å². The second kappa shape index (κ2) is 6.93. The average molecular weight is 365 g/mol. The molecule has 1 aromatic carbocycles. The summed E-state index contributed by atoms with van der Waals surface area (Å²) < 4.78 is 0. The summed E-state index contributed by atoms with van der Waals surface area (Å²) in [5.41, 5.74) is 5.81. The SMILES string of the molecule is CC1CCC(Cc2ccc3c(c2)CCC2C3CCC3(C)CCCC23)C(C)C1. The molecule has 0 saturated heterocycles. The maximum Gasteiger partial charge on any atom is -0.0128 e. The Bertz CT molecular complexity index is 687. The maximum absolute atomic E-state index is 2.64. The Hall–Kier alpha value is -0.780. The van der Waals surface area contributed by atoms with Crippen LogP contribution in [-0.2, 0) is 12.8 Å². The summed E-state index contributed by atoms with van der Waals surface area (Å²) in [7, 11) is 0. The van der Waals surface area contributed by atoms with E-state index >= 15 is 0 Å². The van der Waals surface area contributed by atoms with Crippen LogP contribution in [0.15, 0.2) is 18.2 Å². The van der Waals surface area contributed by atoms with Gasteiger partial charge in [-0.1, -0.05) is 51.8 Å². The van der Waals surface area contributed by atoms with E-state index in [0.717, 1.165) is 35.5 Å². The first-order chi connectivity index (χ1) is 13.0. The molecule has 4 aliphatic carbocycles. The summed E-state index contributed by atoms with van der Waals surface area (Å²) in [6.07, 6.45) is 16.0. The van der Waals surface area contributed by atoms with Gasteiger partial charge in [0.2, 0.25) is 0 Å². The molecule has 0 N–H and O–H groups in total. The van der Waals surface area contributed by atoms with Crippen molar-refractivity contribution in [1.29, 1.82) is 0 Å². The highest BCUT2D eigenvalue weighted by Crippen LogP contribution is 2.60. The molecule has 0 nitrogen and oxygen atoms in total. The third kappa shape index (κ3) is 3.20. The molecule has 0 aliphatic heterocycles. The molecular weight excluding hydrogens is 324 g/mol. The topological polar surface area (TPSA) is 0 Å². The van der Waals surface area contributed by atoms with Gasteiger partial charge in [-0.05, 0) is 115 Å². The largest absolute Gasteiger partial charge is 0.0625 e. The molecule has 0 amide bonds. The first kappa shape index (κ1) is 18.3. The van der Waals surface area contributed by atoms with Crippen molar-refractivity contribution in [1.82, 2.24) is 0 Å². The fraction of sp³-hybridized carbons (Fsp3) is 0.778. The van der Waals surface area contributed by atoms with Crippen LogP contribution in [0.5, 0.6) is 0 Å². The Labute approximate surface area is 167 Å². The van der Waals surface area contributed by atoms with Crippen LogP contribution in [0.1, 0.15) is 101 Å². The Morgan fingerprint density at radius 1 is 1.00 bits per heavy atom. The van der Waals surface area contributed by atoms with Crippen LogP contribution in [0.3, 0.4) is 0 Å². The molecule has 3 fully saturated rings. The Morgan fingerprint density at radius 3 is 2.74 bits per heavy atom. The highest BCUT2D eigenvalue weighted by molar-refractivity contribution is 5.38. The van der Waals surface area contributed by atoms with Gasteiger partial charge < -0.3 is 0 Å². The molecule has 7 atom stereocenters. The third-order valence-corrected chi connectivity index (χ3v) is 9.68. The lowest BCUT2D eigenvalue weighted by Gasteiger charge is -2.49. The highest BCUT2D eigenvalue weighted by Gasteiger charge is 2.50. The quantitative estimate of drug-likeness (QED) is 0.508. The summed E-state index contributed by atoms with van der Waals surface area (Å²) in [5, 5.41) is 0. The van der Waals surface area contributed by atoms with Crippen LogP contribution < -0.4 is 0 Å². The normalized spacial score (nSPS) is 43.7. The van der Waals surface area contributed by atoms with Gasteiger partial charge in [0.25, 0.3) is 0 Å². The van der Waals surface area contributed by atoms with Crippen molar-refractivity contribution in [3.8, 4) is 0 Å². The Balaban J connectivity index is 1.34. The van der Waals surface area contributed by atoms with Crippen LogP contribution in [-0.4, -0.2) is 0 Å². The number of hydrogen-bond donors (Lipinski definition) is 0. The van der Waals surface area contributed by atoms with Crippen LogP contribution in [0, 0.1) is 35.0 Å². The summed E-state index contributed by atoms with van der Waals surface area (Å²) in [4.78, 5) is 0. The molecule has 27 heavy (non-hydrogen) atoms. The predicted octanol–water partition coefficient (Wildman–Crippen LogP) is 7.55. The first-order valence-electron chi connectivity index (χ1n) is 12.2. The fourth-order valence-electron chi connectivity index (χ4n) is 8.09. The number of benzene rings is 1. The molecule has 1 aromatic rings. The minimum Gasteiger partial charge on any atom is -0.0625 e. The third-order valence-electron chi connectivity index (χ3n) is 9.68. The fourth-order valence-corrected chi connectivity index (χ4v) is 8.09. The highest BCUT2D eigenvalue weighted by atomic mass is 14.5. The van der Waals surface area contributed by atoms with Crippen molar-refractivity contribution in [2.45, 2.75) is 97.3 Å². The number of rotatable bonds is 2. The van der Waals surface area contributed by atoms with Gasteiger partial charge in [0, 0.05) is 0 Å². The number of fused-ring (bicyclic) bond motifs is 5. The molecule has 3 saturated carbocycles. The van der Waals surface area contributed by atoms with Gasteiger partial charge in [0.15, 0.2) is 0 Å². The summed E-state index contributed by atoms with van der Waals surface area (Å²) in [6.45, 7) is 7.57. The van der Waals surface area contributed by atoms with E-state index in [4.69, 9.17) is 0 Å². The predicted molar refractivity (Wildman–Crippen MR) is 115 cm³/mol. The van der Waals surface area contributed by atoms with Crippen molar-refractivity contribution in [2.24, 2.45) is 35.0 Å². The van der Waals surface area contributed by atoms with E-state index < -0.39 is 0 Å². The zero-order valence-corrected chi connectivity index (χ0v) is 18.0. The summed E-state index contributed by atoms with van der Waals surface area (Å²) in [5.74, 6) is 5.67. The second-order valence-corrected chi connectivity index (χ2v) is 11.4. The van der Waals surface area contributed by atoms with Crippen LogP contribution >= 0.6 is 0 Å². The lowest BCUT2D eigenvalue weighted by atomic mass is 9.56. The van der Waals surface area contributed by atoms with Crippen molar-refractivity contribution >= 4 is 0 Å². The monoisotopic (exact) mass is 364 g/mol. The standard InChI is InChI=1S/C27H40/c1-18-6-8-21(19(2)15-18)16-20-7-10-23-22(17-20)9-11-25-24(23)12-14-27(3)13-4-5-26(25)27/h7,10,17-19,21,24-26H,4-6,8-9,11-16H2,1-3H3. The molecule has 7 unspecified atom stereocenters. The van der Waals surface area contributed by atoms with Gasteiger partial charge in [-0.25, -0.2) is 0 Å². The van der Waals surface area contributed by atoms with Gasteiger partial charge >= 0.3 is 0 Å². The molecule has 5 rings (SSSR count). The zero-order chi connectivity index (χ0) is 18.6. The van der Waals surface area contributed by atoms with Gasteiger partial charge in [0.1, 0.15) is 0 Å². The summed E-state index contributed by atoms with van der Waals surface area (Å²) in [6, 6.07) is 7.74. The van der Waals surface area contributed by atoms with E-state index in [1.54, 1.807) is 16.7 Å². The molecule has 4 aliphatic rings. The van der Waals surface area contributed by atoms with Crippen LogP contribution in [0.25, 0.3) is 0 Å². The molecule has 148 valence electrons. The van der Waals surface area contributed by atoms with E-state index in [9.17, 15) is 0 Å². The Morgan fingerprint density at radius 2 is 1.89 bits per heavy atom. The van der Waals surface area contributed by atoms with Crippen molar-refractivity contribution in [3.63, 3.8) is 0 Å². The van der Waals surface area contributed by atoms with E-state index in [2.05, 4.69) is 39.0 Å².